The van der Waals surface area contributed by atoms with Crippen molar-refractivity contribution in [3.05, 3.63) is 59.4 Å². The SMILES string of the molecule is Cc1c(-c2ccccc2F)[nH]c2ccc(CNC(=O)CCCN3CCOCC3)cc12. The minimum atomic E-state index is -0.239. The number of fused-ring (bicyclic) bond motifs is 1. The summed E-state index contributed by atoms with van der Waals surface area (Å²) in [6.07, 6.45) is 1.38. The van der Waals surface area contributed by atoms with Crippen LogP contribution in [0, 0.1) is 12.7 Å². The van der Waals surface area contributed by atoms with E-state index in [9.17, 15) is 9.18 Å². The highest BCUT2D eigenvalue weighted by Crippen LogP contribution is 2.31. The van der Waals surface area contributed by atoms with E-state index in [2.05, 4.69) is 21.3 Å². The van der Waals surface area contributed by atoms with E-state index < -0.39 is 0 Å². The normalized spacial score (nSPS) is 14.9. The van der Waals surface area contributed by atoms with Gasteiger partial charge in [-0.15, -0.1) is 0 Å². The number of rotatable bonds is 7. The summed E-state index contributed by atoms with van der Waals surface area (Å²) >= 11 is 0. The molecule has 3 aromatic rings. The molecule has 1 aliphatic rings. The van der Waals surface area contributed by atoms with E-state index >= 15 is 0 Å². The zero-order valence-corrected chi connectivity index (χ0v) is 17.3. The third-order valence-electron chi connectivity index (χ3n) is 5.74. The molecular formula is C24H28FN3O2. The van der Waals surface area contributed by atoms with Crippen LogP contribution in [0.1, 0.15) is 24.0 Å². The molecule has 1 aliphatic heterocycles. The lowest BCUT2D eigenvalue weighted by molar-refractivity contribution is -0.121. The van der Waals surface area contributed by atoms with Gasteiger partial charge in [-0.2, -0.15) is 0 Å². The van der Waals surface area contributed by atoms with Crippen LogP contribution < -0.4 is 5.32 Å². The number of aromatic nitrogens is 1. The van der Waals surface area contributed by atoms with Gasteiger partial charge in [0, 0.05) is 42.5 Å². The molecule has 2 aromatic carbocycles. The average molecular weight is 410 g/mol. The number of nitrogens with one attached hydrogen (secondary N) is 2. The van der Waals surface area contributed by atoms with E-state index in [4.69, 9.17) is 4.74 Å². The van der Waals surface area contributed by atoms with Crippen LogP contribution in [-0.2, 0) is 16.1 Å². The van der Waals surface area contributed by atoms with Crippen LogP contribution in [0.3, 0.4) is 0 Å². The molecule has 30 heavy (non-hydrogen) atoms. The molecule has 6 heteroatoms. The Balaban J connectivity index is 1.36. The molecule has 0 radical (unpaired) electrons. The highest BCUT2D eigenvalue weighted by Gasteiger charge is 2.14. The van der Waals surface area contributed by atoms with Crippen LogP contribution in [0.15, 0.2) is 42.5 Å². The summed E-state index contributed by atoms with van der Waals surface area (Å²) in [6.45, 7) is 6.89. The van der Waals surface area contributed by atoms with Gasteiger partial charge in [-0.05, 0) is 55.3 Å². The summed E-state index contributed by atoms with van der Waals surface area (Å²) in [5.41, 5.74) is 4.38. The van der Waals surface area contributed by atoms with E-state index in [1.807, 2.05) is 25.1 Å². The van der Waals surface area contributed by atoms with Crippen molar-refractivity contribution in [1.82, 2.24) is 15.2 Å². The molecule has 1 saturated heterocycles. The number of aromatic amines is 1. The zero-order chi connectivity index (χ0) is 20.9. The average Bonchev–Trinajstić information content (AvgIpc) is 3.09. The van der Waals surface area contributed by atoms with Gasteiger partial charge in [0.1, 0.15) is 5.82 Å². The summed E-state index contributed by atoms with van der Waals surface area (Å²) in [6, 6.07) is 12.8. The second kappa shape index (κ2) is 9.41. The fourth-order valence-electron chi connectivity index (χ4n) is 3.99. The van der Waals surface area contributed by atoms with Crippen LogP contribution >= 0.6 is 0 Å². The molecule has 0 unspecified atom stereocenters. The van der Waals surface area contributed by atoms with Gasteiger partial charge in [0.2, 0.25) is 5.91 Å². The van der Waals surface area contributed by atoms with E-state index in [0.29, 0.717) is 18.5 Å². The third kappa shape index (κ3) is 4.71. The summed E-state index contributed by atoms with van der Waals surface area (Å²) in [5, 5.41) is 4.06. The molecule has 0 atom stereocenters. The van der Waals surface area contributed by atoms with Gasteiger partial charge < -0.3 is 15.0 Å². The molecule has 0 aliphatic carbocycles. The van der Waals surface area contributed by atoms with Crippen molar-refractivity contribution in [2.45, 2.75) is 26.3 Å². The van der Waals surface area contributed by atoms with Crippen LogP contribution in [0.5, 0.6) is 0 Å². The quantitative estimate of drug-likeness (QED) is 0.620. The van der Waals surface area contributed by atoms with Gasteiger partial charge in [-0.25, -0.2) is 4.39 Å². The molecule has 2 N–H and O–H groups in total. The van der Waals surface area contributed by atoms with Crippen molar-refractivity contribution in [2.75, 3.05) is 32.8 Å². The Bertz CT molecular complexity index is 1020. The number of halogens is 1. The fourth-order valence-corrected chi connectivity index (χ4v) is 3.99. The van der Waals surface area contributed by atoms with E-state index in [0.717, 1.165) is 67.0 Å². The van der Waals surface area contributed by atoms with Gasteiger partial charge in [-0.1, -0.05) is 18.2 Å². The lowest BCUT2D eigenvalue weighted by atomic mass is 10.0. The van der Waals surface area contributed by atoms with Crippen molar-refractivity contribution >= 4 is 16.8 Å². The molecule has 1 amide bonds. The Labute approximate surface area is 176 Å². The molecule has 0 saturated carbocycles. The lowest BCUT2D eigenvalue weighted by Crippen LogP contribution is -2.37. The third-order valence-corrected chi connectivity index (χ3v) is 5.74. The summed E-state index contributed by atoms with van der Waals surface area (Å²) < 4.78 is 19.6. The molecule has 0 bridgehead atoms. The number of benzene rings is 2. The van der Waals surface area contributed by atoms with E-state index in [1.165, 1.54) is 6.07 Å². The Morgan fingerprint density at radius 1 is 1.20 bits per heavy atom. The largest absolute Gasteiger partial charge is 0.379 e. The van der Waals surface area contributed by atoms with Gasteiger partial charge in [-0.3, -0.25) is 9.69 Å². The van der Waals surface area contributed by atoms with Gasteiger partial charge in [0.25, 0.3) is 0 Å². The number of ether oxygens (including phenoxy) is 1. The number of carbonyl (C=O) groups excluding carboxylic acids is 1. The number of amides is 1. The predicted molar refractivity (Wildman–Crippen MR) is 117 cm³/mol. The van der Waals surface area contributed by atoms with E-state index in [-0.39, 0.29) is 11.7 Å². The van der Waals surface area contributed by atoms with Crippen molar-refractivity contribution in [3.63, 3.8) is 0 Å². The minimum absolute atomic E-state index is 0.0705. The van der Waals surface area contributed by atoms with Crippen LogP contribution in [0.2, 0.25) is 0 Å². The van der Waals surface area contributed by atoms with Crippen LogP contribution in [-0.4, -0.2) is 48.6 Å². The van der Waals surface area contributed by atoms with Crippen molar-refractivity contribution in [3.8, 4) is 11.3 Å². The molecule has 2 heterocycles. The monoisotopic (exact) mass is 409 g/mol. The summed E-state index contributed by atoms with van der Waals surface area (Å²) in [4.78, 5) is 17.9. The van der Waals surface area contributed by atoms with Crippen molar-refractivity contribution in [2.24, 2.45) is 0 Å². The van der Waals surface area contributed by atoms with Gasteiger partial charge in [0.15, 0.2) is 0 Å². The van der Waals surface area contributed by atoms with Crippen molar-refractivity contribution in [1.29, 1.82) is 0 Å². The topological polar surface area (TPSA) is 57.4 Å². The first-order chi connectivity index (χ1) is 14.6. The predicted octanol–water partition coefficient (Wildman–Crippen LogP) is 4.01. The second-order valence-corrected chi connectivity index (χ2v) is 7.82. The van der Waals surface area contributed by atoms with Gasteiger partial charge >= 0.3 is 0 Å². The Kier molecular flexibility index (Phi) is 6.45. The smallest absolute Gasteiger partial charge is 0.220 e. The maximum atomic E-state index is 14.2. The molecule has 4 rings (SSSR count). The first kappa shape index (κ1) is 20.6. The number of carbonyl (C=O) groups is 1. The Hall–Kier alpha value is -2.70. The number of H-pyrrole nitrogens is 1. The molecule has 1 fully saturated rings. The van der Waals surface area contributed by atoms with Gasteiger partial charge in [0.05, 0.1) is 18.9 Å². The second-order valence-electron chi connectivity index (χ2n) is 7.82. The number of aryl methyl sites for hydroxylation is 1. The molecule has 1 aromatic heterocycles. The highest BCUT2D eigenvalue weighted by atomic mass is 19.1. The van der Waals surface area contributed by atoms with Crippen LogP contribution in [0.4, 0.5) is 4.39 Å². The molecule has 5 nitrogen and oxygen atoms in total. The maximum absolute atomic E-state index is 14.2. The lowest BCUT2D eigenvalue weighted by Gasteiger charge is -2.26. The standard InChI is InChI=1S/C24H28FN3O2/c1-17-20-15-18(16-26-23(29)7-4-10-28-11-13-30-14-12-28)8-9-22(20)27-24(17)19-5-2-3-6-21(19)25/h2-3,5-6,8-9,15,27H,4,7,10-14,16H2,1H3,(H,26,29). The summed E-state index contributed by atoms with van der Waals surface area (Å²) in [7, 11) is 0. The maximum Gasteiger partial charge on any atom is 0.220 e. The molecule has 0 spiro atoms. The first-order valence-corrected chi connectivity index (χ1v) is 10.5. The zero-order valence-electron chi connectivity index (χ0n) is 17.3. The van der Waals surface area contributed by atoms with E-state index in [1.54, 1.807) is 12.1 Å². The number of morpholine rings is 1. The highest BCUT2D eigenvalue weighted by molar-refractivity contribution is 5.91. The molecule has 158 valence electrons. The van der Waals surface area contributed by atoms with Crippen LogP contribution in [0.25, 0.3) is 22.2 Å². The summed E-state index contributed by atoms with van der Waals surface area (Å²) in [5.74, 6) is -0.169. The number of hydrogen-bond acceptors (Lipinski definition) is 3. The molecular weight excluding hydrogens is 381 g/mol. The number of hydrogen-bond donors (Lipinski definition) is 2. The first-order valence-electron chi connectivity index (χ1n) is 10.5. The number of nitrogens with zero attached hydrogens (tertiary/aromatic N) is 1. The fraction of sp³-hybridized carbons (Fsp3) is 0.375. The minimum Gasteiger partial charge on any atom is -0.379 e. The van der Waals surface area contributed by atoms with Crippen molar-refractivity contribution < 1.29 is 13.9 Å². The Morgan fingerprint density at radius 2 is 2.00 bits per heavy atom. The Morgan fingerprint density at radius 3 is 2.80 bits per heavy atom.